The molecule has 0 amide bonds. The molecular weight excluding hydrogens is 324 g/mol. The fourth-order valence-corrected chi connectivity index (χ4v) is 3.68. The fourth-order valence-electron chi connectivity index (χ4n) is 3.68. The highest BCUT2D eigenvalue weighted by Crippen LogP contribution is 2.34. The van der Waals surface area contributed by atoms with Gasteiger partial charge in [0.2, 0.25) is 0 Å². The summed E-state index contributed by atoms with van der Waals surface area (Å²) in [5.41, 5.74) is 9.52. The van der Waals surface area contributed by atoms with Gasteiger partial charge in [-0.25, -0.2) is 9.97 Å². The van der Waals surface area contributed by atoms with Crippen LogP contribution in [0.4, 0.5) is 23.0 Å². The monoisotopic (exact) mass is 354 g/mol. The zero-order valence-electron chi connectivity index (χ0n) is 16.3. The third kappa shape index (κ3) is 3.75. The SMILES string of the molecule is CCN(c1cccc(C)c1)c1ncnc(N(C)C2CCN(C)CC2)c1N. The number of nitrogens with two attached hydrogens (primary N) is 1. The van der Waals surface area contributed by atoms with Crippen molar-refractivity contribution in [2.75, 3.05) is 49.3 Å². The highest BCUT2D eigenvalue weighted by Gasteiger charge is 2.25. The first-order valence-corrected chi connectivity index (χ1v) is 9.37. The maximum atomic E-state index is 6.55. The predicted octanol–water partition coefficient (Wildman–Crippen LogP) is 3.06. The van der Waals surface area contributed by atoms with Crippen LogP contribution in [0.1, 0.15) is 25.3 Å². The van der Waals surface area contributed by atoms with Crippen molar-refractivity contribution < 1.29 is 0 Å². The van der Waals surface area contributed by atoms with Gasteiger partial charge < -0.3 is 20.4 Å². The van der Waals surface area contributed by atoms with Gasteiger partial charge in [-0.1, -0.05) is 12.1 Å². The topological polar surface area (TPSA) is 61.5 Å². The molecule has 2 aromatic rings. The summed E-state index contributed by atoms with van der Waals surface area (Å²) in [4.78, 5) is 15.8. The Morgan fingerprint density at radius 2 is 1.88 bits per heavy atom. The van der Waals surface area contributed by atoms with Crippen LogP contribution in [0.5, 0.6) is 0 Å². The summed E-state index contributed by atoms with van der Waals surface area (Å²) in [6.45, 7) is 7.22. The molecule has 6 nitrogen and oxygen atoms in total. The molecule has 26 heavy (non-hydrogen) atoms. The van der Waals surface area contributed by atoms with Gasteiger partial charge in [0.15, 0.2) is 11.6 Å². The minimum atomic E-state index is 0.463. The Morgan fingerprint density at radius 1 is 1.19 bits per heavy atom. The Hall–Kier alpha value is -2.34. The molecule has 0 bridgehead atoms. The van der Waals surface area contributed by atoms with Crippen molar-refractivity contribution in [3.8, 4) is 0 Å². The average Bonchev–Trinajstić information content (AvgIpc) is 2.64. The predicted molar refractivity (Wildman–Crippen MR) is 109 cm³/mol. The van der Waals surface area contributed by atoms with Crippen LogP contribution in [0, 0.1) is 6.92 Å². The largest absolute Gasteiger partial charge is 0.393 e. The third-order valence-electron chi connectivity index (χ3n) is 5.30. The van der Waals surface area contributed by atoms with Crippen molar-refractivity contribution in [3.63, 3.8) is 0 Å². The molecule has 1 aromatic carbocycles. The zero-order chi connectivity index (χ0) is 18.7. The first kappa shape index (κ1) is 18.5. The van der Waals surface area contributed by atoms with Crippen LogP contribution < -0.4 is 15.5 Å². The molecular formula is C20H30N6. The van der Waals surface area contributed by atoms with Crippen LogP contribution in [0.3, 0.4) is 0 Å². The minimum absolute atomic E-state index is 0.463. The highest BCUT2D eigenvalue weighted by molar-refractivity contribution is 5.79. The van der Waals surface area contributed by atoms with Crippen molar-refractivity contribution >= 4 is 23.0 Å². The number of nitrogens with zero attached hydrogens (tertiary/aromatic N) is 5. The Labute approximate surface area is 156 Å². The van der Waals surface area contributed by atoms with Gasteiger partial charge in [0.1, 0.15) is 12.0 Å². The van der Waals surface area contributed by atoms with Crippen molar-refractivity contribution in [1.82, 2.24) is 14.9 Å². The highest BCUT2D eigenvalue weighted by atomic mass is 15.3. The molecule has 2 heterocycles. The molecule has 1 fully saturated rings. The van der Waals surface area contributed by atoms with Gasteiger partial charge in [0.05, 0.1) is 0 Å². The van der Waals surface area contributed by atoms with E-state index in [1.165, 1.54) is 5.56 Å². The van der Waals surface area contributed by atoms with Crippen LogP contribution >= 0.6 is 0 Å². The van der Waals surface area contributed by atoms with E-state index in [9.17, 15) is 0 Å². The molecule has 1 aliphatic rings. The van der Waals surface area contributed by atoms with Crippen LogP contribution in [0.2, 0.25) is 0 Å². The van der Waals surface area contributed by atoms with Gasteiger partial charge in [-0.05, 0) is 64.5 Å². The number of benzene rings is 1. The number of nitrogen functional groups attached to an aromatic ring is 1. The summed E-state index contributed by atoms with van der Waals surface area (Å²) in [6, 6.07) is 8.88. The molecule has 1 aromatic heterocycles. The Morgan fingerprint density at radius 3 is 2.54 bits per heavy atom. The lowest BCUT2D eigenvalue weighted by Crippen LogP contribution is -2.42. The minimum Gasteiger partial charge on any atom is -0.393 e. The maximum Gasteiger partial charge on any atom is 0.161 e. The van der Waals surface area contributed by atoms with Crippen LogP contribution in [-0.4, -0.2) is 54.6 Å². The Balaban J connectivity index is 1.91. The fraction of sp³-hybridized carbons (Fsp3) is 0.500. The van der Waals surface area contributed by atoms with Gasteiger partial charge in [-0.3, -0.25) is 0 Å². The van der Waals surface area contributed by atoms with Crippen molar-refractivity contribution in [2.24, 2.45) is 0 Å². The number of rotatable bonds is 5. The molecule has 0 saturated carbocycles. The molecule has 0 aliphatic carbocycles. The lowest BCUT2D eigenvalue weighted by molar-refractivity contribution is 0.252. The van der Waals surface area contributed by atoms with E-state index in [1.54, 1.807) is 6.33 Å². The summed E-state index contributed by atoms with van der Waals surface area (Å²) >= 11 is 0. The third-order valence-corrected chi connectivity index (χ3v) is 5.30. The van der Waals surface area contributed by atoms with E-state index in [4.69, 9.17) is 5.73 Å². The van der Waals surface area contributed by atoms with E-state index in [1.807, 2.05) is 0 Å². The van der Waals surface area contributed by atoms with Crippen LogP contribution in [0.15, 0.2) is 30.6 Å². The first-order valence-electron chi connectivity index (χ1n) is 9.37. The summed E-state index contributed by atoms with van der Waals surface area (Å²) in [5.74, 6) is 1.61. The van der Waals surface area contributed by atoms with E-state index in [-0.39, 0.29) is 0 Å². The van der Waals surface area contributed by atoms with E-state index in [0.29, 0.717) is 11.7 Å². The summed E-state index contributed by atoms with van der Waals surface area (Å²) < 4.78 is 0. The molecule has 1 aliphatic heterocycles. The van der Waals surface area contributed by atoms with Gasteiger partial charge in [0.25, 0.3) is 0 Å². The molecule has 1 saturated heterocycles. The second-order valence-corrected chi connectivity index (χ2v) is 7.16. The molecule has 0 spiro atoms. The summed E-state index contributed by atoms with van der Waals surface area (Å²) in [5, 5.41) is 0. The Bertz CT molecular complexity index is 739. The normalized spacial score (nSPS) is 15.8. The lowest BCUT2D eigenvalue weighted by Gasteiger charge is -2.36. The van der Waals surface area contributed by atoms with Crippen molar-refractivity contribution in [2.45, 2.75) is 32.7 Å². The summed E-state index contributed by atoms with van der Waals surface area (Å²) in [7, 11) is 4.27. The lowest BCUT2D eigenvalue weighted by atomic mass is 10.0. The number of hydrogen-bond acceptors (Lipinski definition) is 6. The number of anilines is 4. The number of aryl methyl sites for hydroxylation is 1. The van der Waals surface area contributed by atoms with Crippen molar-refractivity contribution in [3.05, 3.63) is 36.2 Å². The van der Waals surface area contributed by atoms with E-state index in [0.717, 1.165) is 49.8 Å². The maximum absolute atomic E-state index is 6.55. The molecule has 0 unspecified atom stereocenters. The van der Waals surface area contributed by atoms with Crippen LogP contribution in [0.25, 0.3) is 0 Å². The van der Waals surface area contributed by atoms with Crippen LogP contribution in [-0.2, 0) is 0 Å². The molecule has 2 N–H and O–H groups in total. The summed E-state index contributed by atoms with van der Waals surface area (Å²) in [6.07, 6.45) is 3.88. The number of likely N-dealkylation sites (tertiary alicyclic amines) is 1. The Kier molecular flexibility index (Phi) is 5.61. The van der Waals surface area contributed by atoms with E-state index < -0.39 is 0 Å². The first-order chi connectivity index (χ1) is 12.5. The number of aromatic nitrogens is 2. The molecule has 140 valence electrons. The molecule has 0 atom stereocenters. The van der Waals surface area contributed by atoms with E-state index in [2.05, 4.69) is 76.9 Å². The standard InChI is InChI=1S/C20H30N6/c1-5-26(17-8-6-7-15(2)13-17)20-18(21)19(22-14-23-20)25(4)16-9-11-24(3)12-10-16/h6-8,13-14,16H,5,9-12,21H2,1-4H3. The van der Waals surface area contributed by atoms with Gasteiger partial charge >= 0.3 is 0 Å². The molecule has 0 radical (unpaired) electrons. The van der Waals surface area contributed by atoms with Crippen molar-refractivity contribution in [1.29, 1.82) is 0 Å². The number of piperidine rings is 1. The van der Waals surface area contributed by atoms with Gasteiger partial charge in [0, 0.05) is 25.3 Å². The molecule has 6 heteroatoms. The second-order valence-electron chi connectivity index (χ2n) is 7.16. The smallest absolute Gasteiger partial charge is 0.161 e. The van der Waals surface area contributed by atoms with E-state index >= 15 is 0 Å². The molecule has 3 rings (SSSR count). The second kappa shape index (κ2) is 7.91. The number of hydrogen-bond donors (Lipinski definition) is 1. The van der Waals surface area contributed by atoms with Gasteiger partial charge in [-0.15, -0.1) is 0 Å². The zero-order valence-corrected chi connectivity index (χ0v) is 16.3. The van der Waals surface area contributed by atoms with Gasteiger partial charge in [-0.2, -0.15) is 0 Å². The quantitative estimate of drug-likeness (QED) is 0.890. The average molecular weight is 355 g/mol.